The van der Waals surface area contributed by atoms with Crippen LogP contribution in [0.15, 0.2) is 242 Å². The second kappa shape index (κ2) is 17.0. The second-order valence-electron chi connectivity index (χ2n) is 18.6. The number of para-hydroxylation sites is 1. The van der Waals surface area contributed by atoms with Gasteiger partial charge in [0.1, 0.15) is 0 Å². The Hall–Kier alpha value is -7.68. The van der Waals surface area contributed by atoms with Crippen LogP contribution in [0.1, 0.15) is 54.0 Å². The molecule has 0 aliphatic heterocycles. The van der Waals surface area contributed by atoms with Gasteiger partial charge in [-0.1, -0.05) is 214 Å². The van der Waals surface area contributed by atoms with Gasteiger partial charge in [-0.15, -0.1) is 0 Å². The first-order chi connectivity index (χ1) is 32.4. The SMILES string of the molecule is Cc1ccc(C2C=CC(Nc3ccccc3-c3cccc(-c4ccc(Nc5ccc6c(c5)C(c5ccccc5)(C5(C)C=CC=CC5)c5ccccc5-6)c(-c5ccccc5)c4)c3)=CC2C)cc1. The third-order valence-corrected chi connectivity index (χ3v) is 14.4. The Kier molecular flexibility index (Phi) is 10.6. The van der Waals surface area contributed by atoms with Gasteiger partial charge >= 0.3 is 0 Å². The number of benzene rings is 8. The summed E-state index contributed by atoms with van der Waals surface area (Å²) in [6.45, 7) is 6.90. The molecule has 0 saturated heterocycles. The highest BCUT2D eigenvalue weighted by Crippen LogP contribution is 2.63. The second-order valence-corrected chi connectivity index (χ2v) is 18.6. The van der Waals surface area contributed by atoms with E-state index in [0.29, 0.717) is 11.8 Å². The molecule has 0 aromatic heterocycles. The largest absolute Gasteiger partial charge is 0.355 e. The van der Waals surface area contributed by atoms with Crippen LogP contribution in [-0.2, 0) is 5.41 Å². The maximum absolute atomic E-state index is 3.96. The van der Waals surface area contributed by atoms with E-state index in [9.17, 15) is 0 Å². The van der Waals surface area contributed by atoms with Gasteiger partial charge in [0.15, 0.2) is 0 Å². The van der Waals surface area contributed by atoms with E-state index < -0.39 is 5.41 Å². The van der Waals surface area contributed by atoms with E-state index >= 15 is 0 Å². The van der Waals surface area contributed by atoms with Crippen LogP contribution in [-0.4, -0.2) is 0 Å². The summed E-state index contributed by atoms with van der Waals surface area (Å²) >= 11 is 0. The van der Waals surface area contributed by atoms with Crippen LogP contribution in [0.2, 0.25) is 0 Å². The highest BCUT2D eigenvalue weighted by molar-refractivity contribution is 5.90. The molecular weight excluding hydrogens is 797 g/mol. The molecule has 0 radical (unpaired) electrons. The Balaban J connectivity index is 0.938. The molecule has 2 nitrogen and oxygen atoms in total. The number of allylic oxidation sites excluding steroid dienone is 7. The lowest BCUT2D eigenvalue weighted by Crippen LogP contribution is -2.43. The minimum atomic E-state index is -0.391. The van der Waals surface area contributed by atoms with E-state index in [-0.39, 0.29) is 5.41 Å². The molecule has 0 saturated carbocycles. The summed E-state index contributed by atoms with van der Waals surface area (Å²) in [4.78, 5) is 0. The van der Waals surface area contributed by atoms with Crippen molar-refractivity contribution in [2.24, 2.45) is 11.3 Å². The molecule has 3 aliphatic carbocycles. The summed E-state index contributed by atoms with van der Waals surface area (Å²) < 4.78 is 0. The molecule has 4 unspecified atom stereocenters. The van der Waals surface area contributed by atoms with Crippen molar-refractivity contribution in [1.29, 1.82) is 0 Å². The Morgan fingerprint density at radius 1 is 0.515 bits per heavy atom. The van der Waals surface area contributed by atoms with Gasteiger partial charge in [-0.25, -0.2) is 0 Å². The predicted molar refractivity (Wildman–Crippen MR) is 279 cm³/mol. The van der Waals surface area contributed by atoms with Crippen molar-refractivity contribution >= 4 is 17.1 Å². The topological polar surface area (TPSA) is 24.1 Å². The summed E-state index contributed by atoms with van der Waals surface area (Å²) in [6, 6.07) is 71.5. The highest BCUT2D eigenvalue weighted by atomic mass is 14.9. The van der Waals surface area contributed by atoms with E-state index in [2.05, 4.69) is 268 Å². The lowest BCUT2D eigenvalue weighted by molar-refractivity contribution is 0.293. The van der Waals surface area contributed by atoms with Gasteiger partial charge in [0.2, 0.25) is 0 Å². The number of hydrogen-bond acceptors (Lipinski definition) is 2. The van der Waals surface area contributed by atoms with E-state index in [1.807, 2.05) is 0 Å². The van der Waals surface area contributed by atoms with Crippen molar-refractivity contribution in [1.82, 2.24) is 0 Å². The first kappa shape index (κ1) is 41.1. The fraction of sp³-hybridized carbons (Fsp3) is 0.125. The zero-order valence-electron chi connectivity index (χ0n) is 37.9. The minimum absolute atomic E-state index is 0.195. The average molecular weight is 851 g/mol. The number of fused-ring (bicyclic) bond motifs is 3. The van der Waals surface area contributed by atoms with Crippen LogP contribution in [0.3, 0.4) is 0 Å². The molecule has 0 heterocycles. The van der Waals surface area contributed by atoms with Crippen molar-refractivity contribution < 1.29 is 0 Å². The molecule has 0 amide bonds. The normalized spacial score (nSPS) is 20.3. The molecule has 0 bridgehead atoms. The van der Waals surface area contributed by atoms with Gasteiger partial charge in [-0.3, -0.25) is 0 Å². The van der Waals surface area contributed by atoms with Gasteiger partial charge in [-0.2, -0.15) is 0 Å². The lowest BCUT2D eigenvalue weighted by Gasteiger charge is -2.48. The van der Waals surface area contributed by atoms with Crippen molar-refractivity contribution in [3.8, 4) is 44.5 Å². The molecule has 0 fully saturated rings. The zero-order valence-corrected chi connectivity index (χ0v) is 37.9. The first-order valence-corrected chi connectivity index (χ1v) is 23.4. The van der Waals surface area contributed by atoms with Crippen LogP contribution >= 0.6 is 0 Å². The summed E-state index contributed by atoms with van der Waals surface area (Å²) in [6.07, 6.45) is 17.1. The van der Waals surface area contributed by atoms with E-state index in [0.717, 1.165) is 40.3 Å². The van der Waals surface area contributed by atoms with Crippen LogP contribution in [0.25, 0.3) is 44.5 Å². The number of aryl methyl sites for hydroxylation is 1. The Morgan fingerprint density at radius 2 is 1.20 bits per heavy atom. The van der Waals surface area contributed by atoms with E-state index in [1.54, 1.807) is 0 Å². The van der Waals surface area contributed by atoms with Gasteiger partial charge in [-0.05, 0) is 117 Å². The molecule has 3 aliphatic rings. The Labute approximate surface area is 390 Å². The highest BCUT2D eigenvalue weighted by Gasteiger charge is 2.55. The smallest absolute Gasteiger partial charge is 0.0555 e. The molecule has 320 valence electrons. The number of rotatable bonds is 10. The maximum Gasteiger partial charge on any atom is 0.0555 e. The Bertz CT molecular complexity index is 3210. The van der Waals surface area contributed by atoms with Crippen molar-refractivity contribution in [2.45, 2.75) is 38.5 Å². The van der Waals surface area contributed by atoms with Crippen LogP contribution in [0.5, 0.6) is 0 Å². The van der Waals surface area contributed by atoms with Crippen LogP contribution < -0.4 is 10.6 Å². The van der Waals surface area contributed by atoms with Crippen LogP contribution in [0.4, 0.5) is 17.1 Å². The fourth-order valence-corrected chi connectivity index (χ4v) is 11.1. The third-order valence-electron chi connectivity index (χ3n) is 14.4. The average Bonchev–Trinajstić information content (AvgIpc) is 3.66. The molecule has 66 heavy (non-hydrogen) atoms. The van der Waals surface area contributed by atoms with Crippen molar-refractivity contribution in [3.63, 3.8) is 0 Å². The molecule has 2 N–H and O–H groups in total. The van der Waals surface area contributed by atoms with Gasteiger partial charge in [0, 0.05) is 45.2 Å². The summed E-state index contributed by atoms with van der Waals surface area (Å²) in [5.41, 5.74) is 20.0. The summed E-state index contributed by atoms with van der Waals surface area (Å²) in [5, 5.41) is 7.76. The maximum atomic E-state index is 3.96. The summed E-state index contributed by atoms with van der Waals surface area (Å²) in [7, 11) is 0. The third kappa shape index (κ3) is 7.24. The Morgan fingerprint density at radius 3 is 1.98 bits per heavy atom. The number of hydrogen-bond donors (Lipinski definition) is 2. The summed E-state index contributed by atoms with van der Waals surface area (Å²) in [5.74, 6) is 0.732. The van der Waals surface area contributed by atoms with Crippen molar-refractivity contribution in [2.75, 3.05) is 10.6 Å². The molecule has 2 heteroatoms. The molecule has 0 spiro atoms. The van der Waals surface area contributed by atoms with E-state index in [4.69, 9.17) is 0 Å². The molecule has 8 aromatic rings. The molecule has 8 aromatic carbocycles. The molecule has 4 atom stereocenters. The first-order valence-electron chi connectivity index (χ1n) is 23.4. The lowest BCUT2D eigenvalue weighted by atomic mass is 9.54. The predicted octanol–water partition coefficient (Wildman–Crippen LogP) is 16.9. The number of nitrogens with one attached hydrogen (secondary N) is 2. The van der Waals surface area contributed by atoms with Gasteiger partial charge in [0.25, 0.3) is 0 Å². The minimum Gasteiger partial charge on any atom is -0.355 e. The fourth-order valence-electron chi connectivity index (χ4n) is 11.1. The monoisotopic (exact) mass is 850 g/mol. The number of anilines is 3. The van der Waals surface area contributed by atoms with Crippen molar-refractivity contribution in [3.05, 3.63) is 270 Å². The van der Waals surface area contributed by atoms with Crippen LogP contribution in [0, 0.1) is 18.3 Å². The standard InChI is InChI=1S/C64H54N2/c1-44-28-30-47(31-29-44)54-35-33-52(40-45(54)2)65-61-27-14-12-24-55(61)50-21-17-20-48(41-50)49-32-37-62(58(42-49)46-18-7-4-8-19-46)66-53-34-36-57-56-25-11-13-26-59(56)64(60(57)43-53,51-22-9-5-10-23-51)63(3)38-15-6-16-39-63/h4-38,40-43,45,54,65-66H,39H2,1-3H3. The quantitative estimate of drug-likeness (QED) is 0.143. The van der Waals surface area contributed by atoms with Gasteiger partial charge < -0.3 is 10.6 Å². The molecule has 11 rings (SSSR count). The van der Waals surface area contributed by atoms with Gasteiger partial charge in [0.05, 0.1) is 5.41 Å². The van der Waals surface area contributed by atoms with E-state index in [1.165, 1.54) is 61.2 Å². The molecular formula is C64H54N2. The zero-order chi connectivity index (χ0) is 44.7.